The van der Waals surface area contributed by atoms with E-state index in [-0.39, 0.29) is 118 Å². The lowest BCUT2D eigenvalue weighted by Crippen LogP contribution is -2.64. The smallest absolute Gasteiger partial charge is 0.394 e. The van der Waals surface area contributed by atoms with Gasteiger partial charge in [-0.15, -0.1) is 0 Å². The third-order valence-corrected chi connectivity index (χ3v) is 24.3. The Morgan fingerprint density at radius 1 is 0.409 bits per heavy atom. The summed E-state index contributed by atoms with van der Waals surface area (Å²) in [5, 5.41) is 92.5. The molecule has 0 aliphatic carbocycles. The fourth-order valence-corrected chi connectivity index (χ4v) is 15.8. The van der Waals surface area contributed by atoms with Crippen molar-refractivity contribution >= 4 is 44.8 Å². The number of carbonyl (C=O) groups excluding carboxylic acids is 1. The number of nitrogens with one attached hydrogen (secondary N) is 1. The van der Waals surface area contributed by atoms with Crippen LogP contribution in [0.25, 0.3) is 0 Å². The van der Waals surface area contributed by atoms with Crippen molar-refractivity contribution in [2.24, 2.45) is 17.3 Å². The lowest BCUT2D eigenvalue weighted by Gasteiger charge is -2.42. The van der Waals surface area contributed by atoms with E-state index in [9.17, 15) is 98.0 Å². The molecule has 13 unspecified atom stereocenters. The van der Waals surface area contributed by atoms with Gasteiger partial charge in [-0.3, -0.25) is 45.5 Å². The minimum atomic E-state index is -5.05. The third kappa shape index (κ3) is 39.0. The monoisotopic (exact) mass is 1700 g/mol. The largest absolute Gasteiger partial charge is 0.472 e. The van der Waals surface area contributed by atoms with Crippen LogP contribution >= 0.6 is 38.9 Å². The van der Waals surface area contributed by atoms with Gasteiger partial charge in [-0.05, 0) is 77.6 Å². The third-order valence-electron chi connectivity index (χ3n) is 18.4. The number of hydrogen-bond donors (Lipinski definition) is 15. The molecule has 0 aromatic carbocycles. The predicted octanol–water partition coefficient (Wildman–Crippen LogP) is 3.49. The van der Waals surface area contributed by atoms with E-state index < -0.39 is 199 Å². The highest BCUT2D eigenvalue weighted by Gasteiger charge is 2.48. The Morgan fingerprint density at radius 3 is 1.12 bits per heavy atom. The summed E-state index contributed by atoms with van der Waals surface area (Å²) in [6, 6.07) is -1.10. The van der Waals surface area contributed by atoms with E-state index >= 15 is 0 Å². The van der Waals surface area contributed by atoms with Gasteiger partial charge in [-0.25, -0.2) is 18.3 Å². The molecule has 15 N–H and O–H groups in total. The van der Waals surface area contributed by atoms with Crippen LogP contribution in [0.5, 0.6) is 0 Å². The molecule has 0 radical (unpaired) electrons. The molecule has 4 saturated heterocycles. The zero-order chi connectivity index (χ0) is 81.6. The lowest BCUT2D eigenvalue weighted by molar-refractivity contribution is -0.282. The van der Waals surface area contributed by atoms with Crippen molar-refractivity contribution in [3.8, 4) is 0 Å². The van der Waals surface area contributed by atoms with Gasteiger partial charge >= 0.3 is 38.9 Å². The zero-order valence-corrected chi connectivity index (χ0v) is 68.5. The van der Waals surface area contributed by atoms with E-state index in [2.05, 4.69) is 5.32 Å². The van der Waals surface area contributed by atoms with Crippen LogP contribution < -0.4 is 5.32 Å². The van der Waals surface area contributed by atoms with Crippen molar-refractivity contribution in [1.29, 1.82) is 0 Å². The number of phosphoric acid groups is 4. The maximum absolute atomic E-state index is 13.8. The van der Waals surface area contributed by atoms with Crippen molar-refractivity contribution in [3.63, 3.8) is 0 Å². The molecule has 4 rings (SSSR count). The van der Waals surface area contributed by atoms with E-state index in [0.717, 1.165) is 0 Å². The van der Waals surface area contributed by atoms with Crippen LogP contribution in [0.15, 0.2) is 0 Å². The van der Waals surface area contributed by atoms with E-state index in [4.69, 9.17) is 88.1 Å². The Labute approximate surface area is 644 Å². The Balaban J connectivity index is 1.32. The summed E-state index contributed by atoms with van der Waals surface area (Å²) < 4.78 is 171. The highest BCUT2D eigenvalue weighted by Crippen LogP contribution is 2.52. The maximum atomic E-state index is 13.8. The van der Waals surface area contributed by atoms with Crippen molar-refractivity contribution in [3.05, 3.63) is 0 Å². The fraction of sp³-hybridized carbons (Fsp3) is 0.985. The standard InChI is InChI=1S/C65H128NO39P5/c1-45(2)106(77,78)105-50-36-46(3)101-54(50)40-99-110(85,86)100-44-65(42-88-25-22-34-97-108(81,82)94-31-19-11-8-16-28-91-63-48(5)57(72)59(74)52(38-68)103-63,41-87-24-14-13-21-33-96-107(79,80)93-30-18-10-7-15-27-90-62-47(4)56(71)58(73)51(37-67)102-62)43-89-26-23-35-98-109(83,84)95-32-20-12-9-17-29-92-64-55(66-49(6)70)61(76)60(75)53(39-69)104-64/h45-48,50-64,67-69,71-76H,7-44H2,1-6H3,(H,66,70)(H,77,78)(H,79,80)(H,81,82)(H,83,84)(H,85,86)/t46-,47?,48?,50?,51?,52?,53?,54+,55?,56+,57+,58-,59-,60-,61+,62+,63+,64+,65?/m0/s1. The molecule has 0 saturated carbocycles. The minimum absolute atomic E-state index is 0.00468. The number of aliphatic hydroxyl groups is 9. The maximum Gasteiger partial charge on any atom is 0.472 e. The molecule has 652 valence electrons. The second-order valence-corrected chi connectivity index (χ2v) is 36.5. The second kappa shape index (κ2) is 53.1. The zero-order valence-electron chi connectivity index (χ0n) is 64.0. The van der Waals surface area contributed by atoms with Crippen LogP contribution in [0.3, 0.4) is 0 Å². The normalized spacial score (nSPS) is 30.8. The molecule has 4 aliphatic rings. The highest BCUT2D eigenvalue weighted by molar-refractivity contribution is 7.53. The lowest BCUT2D eigenvalue weighted by atomic mass is 9.92. The first-order valence-corrected chi connectivity index (χ1v) is 45.5. The van der Waals surface area contributed by atoms with Crippen LogP contribution in [0, 0.1) is 17.3 Å². The Morgan fingerprint density at radius 2 is 0.736 bits per heavy atom. The van der Waals surface area contributed by atoms with Gasteiger partial charge in [0, 0.05) is 64.8 Å². The number of carbonyl (C=O) groups is 1. The highest BCUT2D eigenvalue weighted by atomic mass is 31.2. The molecule has 24 atom stereocenters. The summed E-state index contributed by atoms with van der Waals surface area (Å²) in [5.74, 6) is -1.58. The molecular formula is C65H128NO39P5. The molecule has 4 heterocycles. The van der Waals surface area contributed by atoms with E-state index in [1.54, 1.807) is 20.8 Å². The number of hydrogen-bond acceptors (Lipinski definition) is 34. The topological polar surface area (TPSA) is 573 Å². The second-order valence-electron chi connectivity index (χ2n) is 28.3. The molecule has 110 heavy (non-hydrogen) atoms. The number of ether oxygens (including phenoxy) is 10. The number of unbranched alkanes of at least 4 members (excludes halogenated alkanes) is 11. The molecule has 40 nitrogen and oxygen atoms in total. The Bertz CT molecular complexity index is 2740. The molecule has 0 bridgehead atoms. The van der Waals surface area contributed by atoms with Gasteiger partial charge in [-0.2, -0.15) is 0 Å². The first-order chi connectivity index (χ1) is 52.0. The fourth-order valence-electron chi connectivity index (χ4n) is 11.7. The van der Waals surface area contributed by atoms with E-state index in [1.165, 1.54) is 20.8 Å². The average Bonchev–Trinajstić information content (AvgIpc) is 1.02. The molecule has 0 aromatic heterocycles. The van der Waals surface area contributed by atoms with E-state index in [0.29, 0.717) is 96.3 Å². The Hall–Kier alpha value is -0.700. The average molecular weight is 1700 g/mol. The number of amides is 1. The summed E-state index contributed by atoms with van der Waals surface area (Å²) in [6.45, 7) is 4.59. The number of rotatable bonds is 63. The summed E-state index contributed by atoms with van der Waals surface area (Å²) in [6.07, 6.45) is -8.55. The molecular weight excluding hydrogens is 1570 g/mol. The first-order valence-electron chi connectivity index (χ1n) is 37.9. The van der Waals surface area contributed by atoms with Crippen LogP contribution in [0.1, 0.15) is 157 Å². The van der Waals surface area contributed by atoms with Gasteiger partial charge in [0.25, 0.3) is 0 Å². The van der Waals surface area contributed by atoms with Crippen LogP contribution in [-0.4, -0.2) is 312 Å². The quantitative estimate of drug-likeness (QED) is 0.0306. The van der Waals surface area contributed by atoms with Gasteiger partial charge in [0.1, 0.15) is 54.9 Å². The first kappa shape index (κ1) is 102. The van der Waals surface area contributed by atoms with Crippen LogP contribution in [-0.2, 0) is 116 Å². The molecule has 0 spiro atoms. The SMILES string of the molecule is CC(=O)NC1[C@H](OCCCCCCOP(=O)(O)OCCCOCC(COCCCCCOP(=O)(O)OCCCCCCO[C@@H]2OC(CO)[C@H](O)[C@H](O)C2C)(COCCCOP(=O)(O)OCCCCCCO[C@@H]2OC(CO)[C@H](O)[C@H](O)C2C)COP(=O)(O)OC[C@H]2O[C@@H](C)CC2OP(=O)(O)C(C)C)OC(CO)[C@H](O)[C@@H]1O. The predicted molar refractivity (Wildman–Crippen MR) is 386 cm³/mol. The molecule has 4 fully saturated rings. The Kier molecular flexibility index (Phi) is 49.0. The van der Waals surface area contributed by atoms with Gasteiger partial charge in [0.2, 0.25) is 5.91 Å². The summed E-state index contributed by atoms with van der Waals surface area (Å²) in [5.41, 5.74) is -2.26. The number of aliphatic hydroxyl groups excluding tert-OH is 9. The van der Waals surface area contributed by atoms with Crippen LogP contribution in [0.2, 0.25) is 0 Å². The van der Waals surface area contributed by atoms with Crippen LogP contribution in [0.4, 0.5) is 0 Å². The van der Waals surface area contributed by atoms with Crippen molar-refractivity contribution in [1.82, 2.24) is 5.32 Å². The van der Waals surface area contributed by atoms with Gasteiger partial charge in [-0.1, -0.05) is 66.2 Å². The van der Waals surface area contributed by atoms with Crippen molar-refractivity contribution in [2.45, 2.75) is 261 Å². The molecule has 4 aliphatic heterocycles. The van der Waals surface area contributed by atoms with Gasteiger partial charge < -0.3 is 128 Å². The minimum Gasteiger partial charge on any atom is -0.394 e. The van der Waals surface area contributed by atoms with Crippen molar-refractivity contribution < 1.29 is 186 Å². The van der Waals surface area contributed by atoms with Gasteiger partial charge in [0.15, 0.2) is 18.9 Å². The summed E-state index contributed by atoms with van der Waals surface area (Å²) >= 11 is 0. The van der Waals surface area contributed by atoms with E-state index in [1.807, 2.05) is 0 Å². The molecule has 45 heteroatoms. The number of phosphoric ester groups is 4. The van der Waals surface area contributed by atoms with Crippen molar-refractivity contribution in [2.75, 3.05) is 132 Å². The molecule has 0 aromatic rings. The summed E-state index contributed by atoms with van der Waals surface area (Å²) in [4.78, 5) is 64.7. The summed E-state index contributed by atoms with van der Waals surface area (Å²) in [7, 11) is -22.7. The molecule has 1 amide bonds. The van der Waals surface area contributed by atoms with Gasteiger partial charge in [0.05, 0.1) is 128 Å².